The normalized spacial score (nSPS) is 12.6. The Morgan fingerprint density at radius 1 is 1.35 bits per heavy atom. The molecule has 1 unspecified atom stereocenters. The van der Waals surface area contributed by atoms with Crippen molar-refractivity contribution < 1.29 is 0 Å². The first-order chi connectivity index (χ1) is 8.28. The van der Waals surface area contributed by atoms with Crippen LogP contribution >= 0.6 is 11.3 Å². The zero-order valence-electron chi connectivity index (χ0n) is 10.3. The highest BCUT2D eigenvalue weighted by Gasteiger charge is 2.09. The van der Waals surface area contributed by atoms with E-state index >= 15 is 0 Å². The van der Waals surface area contributed by atoms with Gasteiger partial charge in [-0.05, 0) is 26.0 Å². The van der Waals surface area contributed by atoms with E-state index in [0.717, 1.165) is 12.8 Å². The van der Waals surface area contributed by atoms with E-state index in [4.69, 9.17) is 0 Å². The van der Waals surface area contributed by atoms with E-state index < -0.39 is 0 Å². The molecule has 0 aliphatic carbocycles. The van der Waals surface area contributed by atoms with Gasteiger partial charge in [0.25, 0.3) is 0 Å². The van der Waals surface area contributed by atoms with Crippen molar-refractivity contribution in [1.29, 1.82) is 0 Å². The summed E-state index contributed by atoms with van der Waals surface area (Å²) < 4.78 is 0. The number of hydrogen-bond acceptors (Lipinski definition) is 3. The van der Waals surface area contributed by atoms with E-state index in [0.29, 0.717) is 6.04 Å². The number of rotatable bonds is 5. The molecule has 1 atom stereocenters. The summed E-state index contributed by atoms with van der Waals surface area (Å²) in [5.74, 6) is 0. The van der Waals surface area contributed by atoms with Gasteiger partial charge in [0.1, 0.15) is 0 Å². The van der Waals surface area contributed by atoms with E-state index in [1.807, 2.05) is 18.6 Å². The van der Waals surface area contributed by atoms with Gasteiger partial charge in [-0.3, -0.25) is 0 Å². The van der Waals surface area contributed by atoms with Gasteiger partial charge in [-0.1, -0.05) is 29.8 Å². The Balaban J connectivity index is 2.00. The van der Waals surface area contributed by atoms with E-state index in [1.165, 1.54) is 16.1 Å². The standard InChI is InChI=1S/C14H18N2S/c1-11-4-3-5-12(8-11)9-13(15-2)10-14-16-6-7-17-14/h3-8,13,15H,9-10H2,1-2H3. The lowest BCUT2D eigenvalue weighted by Crippen LogP contribution is -2.29. The van der Waals surface area contributed by atoms with Crippen molar-refractivity contribution in [3.8, 4) is 0 Å². The van der Waals surface area contributed by atoms with Crippen LogP contribution < -0.4 is 5.32 Å². The molecule has 0 amide bonds. The van der Waals surface area contributed by atoms with E-state index in [-0.39, 0.29) is 0 Å². The van der Waals surface area contributed by atoms with Gasteiger partial charge in [-0.15, -0.1) is 11.3 Å². The average molecular weight is 246 g/mol. The van der Waals surface area contributed by atoms with Gasteiger partial charge < -0.3 is 5.32 Å². The summed E-state index contributed by atoms with van der Waals surface area (Å²) in [4.78, 5) is 4.34. The maximum Gasteiger partial charge on any atom is 0.0940 e. The lowest BCUT2D eigenvalue weighted by Gasteiger charge is -2.15. The number of likely N-dealkylation sites (N-methyl/N-ethyl adjacent to an activating group) is 1. The smallest absolute Gasteiger partial charge is 0.0940 e. The maximum atomic E-state index is 4.34. The van der Waals surface area contributed by atoms with Crippen LogP contribution in [-0.2, 0) is 12.8 Å². The van der Waals surface area contributed by atoms with E-state index in [1.54, 1.807) is 11.3 Å². The molecule has 3 heteroatoms. The van der Waals surface area contributed by atoms with Crippen molar-refractivity contribution in [3.63, 3.8) is 0 Å². The third kappa shape index (κ3) is 3.65. The summed E-state index contributed by atoms with van der Waals surface area (Å²) in [5, 5.41) is 6.62. The van der Waals surface area contributed by atoms with Crippen LogP contribution in [0, 0.1) is 6.92 Å². The van der Waals surface area contributed by atoms with Crippen LogP contribution in [0.15, 0.2) is 35.8 Å². The molecule has 2 aromatic rings. The van der Waals surface area contributed by atoms with Crippen LogP contribution in [0.4, 0.5) is 0 Å². The number of nitrogens with zero attached hydrogens (tertiary/aromatic N) is 1. The number of nitrogens with one attached hydrogen (secondary N) is 1. The van der Waals surface area contributed by atoms with Gasteiger partial charge in [-0.2, -0.15) is 0 Å². The van der Waals surface area contributed by atoms with Gasteiger partial charge in [0, 0.05) is 24.0 Å². The summed E-state index contributed by atoms with van der Waals surface area (Å²) >= 11 is 1.73. The second-order valence-electron chi connectivity index (χ2n) is 4.31. The molecule has 0 radical (unpaired) electrons. The van der Waals surface area contributed by atoms with E-state index in [9.17, 15) is 0 Å². The molecule has 1 aromatic carbocycles. The molecular weight excluding hydrogens is 228 g/mol. The molecule has 0 saturated heterocycles. The highest BCUT2D eigenvalue weighted by Crippen LogP contribution is 2.12. The third-order valence-electron chi connectivity index (χ3n) is 2.88. The summed E-state index contributed by atoms with van der Waals surface area (Å²) in [6.07, 6.45) is 3.93. The zero-order valence-corrected chi connectivity index (χ0v) is 11.1. The number of hydrogen-bond donors (Lipinski definition) is 1. The molecule has 17 heavy (non-hydrogen) atoms. The first-order valence-corrected chi connectivity index (χ1v) is 6.77. The van der Waals surface area contributed by atoms with Gasteiger partial charge in [0.2, 0.25) is 0 Å². The Labute approximate surface area is 107 Å². The topological polar surface area (TPSA) is 24.9 Å². The van der Waals surface area contributed by atoms with Crippen LogP contribution in [-0.4, -0.2) is 18.1 Å². The summed E-state index contributed by atoms with van der Waals surface area (Å²) in [6, 6.07) is 9.17. The molecule has 1 heterocycles. The predicted molar refractivity (Wildman–Crippen MR) is 73.5 cm³/mol. The largest absolute Gasteiger partial charge is 0.316 e. The first-order valence-electron chi connectivity index (χ1n) is 5.89. The Morgan fingerprint density at radius 2 is 2.24 bits per heavy atom. The Hall–Kier alpha value is -1.19. The van der Waals surface area contributed by atoms with Crippen molar-refractivity contribution in [1.82, 2.24) is 10.3 Å². The molecule has 1 N–H and O–H groups in total. The molecule has 0 fully saturated rings. The minimum atomic E-state index is 0.461. The second kappa shape index (κ2) is 5.94. The fraction of sp³-hybridized carbons (Fsp3) is 0.357. The second-order valence-corrected chi connectivity index (χ2v) is 5.29. The summed E-state index contributed by atoms with van der Waals surface area (Å²) in [6.45, 7) is 2.14. The molecule has 1 aromatic heterocycles. The molecule has 90 valence electrons. The fourth-order valence-electron chi connectivity index (χ4n) is 1.96. The van der Waals surface area contributed by atoms with Crippen LogP contribution in [0.3, 0.4) is 0 Å². The van der Waals surface area contributed by atoms with Gasteiger partial charge in [0.15, 0.2) is 0 Å². The predicted octanol–water partition coefficient (Wildman–Crippen LogP) is 2.82. The Bertz CT molecular complexity index is 451. The summed E-state index contributed by atoms with van der Waals surface area (Å²) in [7, 11) is 2.02. The van der Waals surface area contributed by atoms with Gasteiger partial charge in [-0.25, -0.2) is 4.98 Å². The van der Waals surface area contributed by atoms with Crippen LogP contribution in [0.5, 0.6) is 0 Å². The zero-order chi connectivity index (χ0) is 12.1. The van der Waals surface area contributed by atoms with E-state index in [2.05, 4.69) is 41.5 Å². The average Bonchev–Trinajstić information content (AvgIpc) is 2.81. The van der Waals surface area contributed by atoms with Crippen molar-refractivity contribution in [3.05, 3.63) is 52.0 Å². The minimum absolute atomic E-state index is 0.461. The lowest BCUT2D eigenvalue weighted by molar-refractivity contribution is 0.555. The molecule has 2 nitrogen and oxygen atoms in total. The SMILES string of the molecule is CNC(Cc1cccc(C)c1)Cc1nccs1. The number of benzene rings is 1. The summed E-state index contributed by atoms with van der Waals surface area (Å²) in [5.41, 5.74) is 2.72. The Kier molecular flexibility index (Phi) is 4.29. The quantitative estimate of drug-likeness (QED) is 0.877. The molecular formula is C14H18N2S. The van der Waals surface area contributed by atoms with Crippen LogP contribution in [0.25, 0.3) is 0 Å². The molecule has 0 bridgehead atoms. The fourth-order valence-corrected chi connectivity index (χ4v) is 2.66. The first kappa shape index (κ1) is 12.3. The lowest BCUT2D eigenvalue weighted by atomic mass is 10.0. The number of aromatic nitrogens is 1. The maximum absolute atomic E-state index is 4.34. The van der Waals surface area contributed by atoms with Crippen molar-refractivity contribution in [2.75, 3.05) is 7.05 Å². The highest BCUT2D eigenvalue weighted by atomic mass is 32.1. The van der Waals surface area contributed by atoms with Crippen molar-refractivity contribution in [2.45, 2.75) is 25.8 Å². The Morgan fingerprint density at radius 3 is 2.88 bits per heavy atom. The third-order valence-corrected chi connectivity index (χ3v) is 3.68. The minimum Gasteiger partial charge on any atom is -0.316 e. The number of thiazole rings is 1. The molecule has 0 aliphatic rings. The monoisotopic (exact) mass is 246 g/mol. The van der Waals surface area contributed by atoms with Crippen LogP contribution in [0.2, 0.25) is 0 Å². The van der Waals surface area contributed by atoms with Gasteiger partial charge >= 0.3 is 0 Å². The van der Waals surface area contributed by atoms with Crippen molar-refractivity contribution in [2.24, 2.45) is 0 Å². The molecule has 2 rings (SSSR count). The molecule has 0 spiro atoms. The van der Waals surface area contributed by atoms with Crippen LogP contribution in [0.1, 0.15) is 16.1 Å². The highest BCUT2D eigenvalue weighted by molar-refractivity contribution is 7.09. The molecule has 0 saturated carbocycles. The number of aryl methyl sites for hydroxylation is 1. The molecule has 0 aliphatic heterocycles. The van der Waals surface area contributed by atoms with Crippen molar-refractivity contribution >= 4 is 11.3 Å². The van der Waals surface area contributed by atoms with Gasteiger partial charge in [0.05, 0.1) is 5.01 Å².